The van der Waals surface area contributed by atoms with Gasteiger partial charge in [0.15, 0.2) is 0 Å². The van der Waals surface area contributed by atoms with E-state index in [9.17, 15) is 0 Å². The number of aromatic nitrogens is 2. The van der Waals surface area contributed by atoms with Crippen molar-refractivity contribution in [2.24, 2.45) is 5.92 Å². The maximum atomic E-state index is 6.07. The standard InChI is InChI=1S/C16H28N4O/c1-12(2)7-17-16-18-13(3)8-20(16)10-15-9-19-6-4-5-14(19)11-21-15/h8,12,14-15H,4-7,9-11H2,1-3H3,(H,17,18). The molecule has 3 rings (SSSR count). The van der Waals surface area contributed by atoms with Crippen LogP contribution in [0.1, 0.15) is 32.4 Å². The summed E-state index contributed by atoms with van der Waals surface area (Å²) in [6.07, 6.45) is 5.04. The highest BCUT2D eigenvalue weighted by Crippen LogP contribution is 2.23. The molecule has 5 nitrogen and oxygen atoms in total. The predicted octanol–water partition coefficient (Wildman–Crippen LogP) is 2.12. The van der Waals surface area contributed by atoms with E-state index in [0.717, 1.165) is 37.9 Å². The lowest BCUT2D eigenvalue weighted by atomic mass is 10.2. The van der Waals surface area contributed by atoms with Gasteiger partial charge < -0.3 is 14.6 Å². The third-order valence-electron chi connectivity index (χ3n) is 4.43. The van der Waals surface area contributed by atoms with E-state index in [4.69, 9.17) is 4.74 Å². The molecule has 1 N–H and O–H groups in total. The molecule has 3 heterocycles. The Labute approximate surface area is 127 Å². The molecule has 0 amide bonds. The molecule has 118 valence electrons. The molecule has 2 saturated heterocycles. The van der Waals surface area contributed by atoms with Crippen molar-refractivity contribution in [3.8, 4) is 0 Å². The van der Waals surface area contributed by atoms with Gasteiger partial charge in [-0.2, -0.15) is 0 Å². The smallest absolute Gasteiger partial charge is 0.203 e. The van der Waals surface area contributed by atoms with E-state index in [0.29, 0.717) is 12.0 Å². The summed E-state index contributed by atoms with van der Waals surface area (Å²) in [5, 5.41) is 3.45. The molecule has 1 aromatic rings. The number of morpholine rings is 1. The van der Waals surface area contributed by atoms with Crippen molar-refractivity contribution in [3.05, 3.63) is 11.9 Å². The van der Waals surface area contributed by atoms with E-state index >= 15 is 0 Å². The number of hydrogen-bond donors (Lipinski definition) is 1. The van der Waals surface area contributed by atoms with E-state index in [1.165, 1.54) is 19.4 Å². The van der Waals surface area contributed by atoms with E-state index in [1.807, 2.05) is 0 Å². The topological polar surface area (TPSA) is 42.3 Å². The Hall–Kier alpha value is -1.07. The van der Waals surface area contributed by atoms with Gasteiger partial charge in [0, 0.05) is 25.3 Å². The lowest BCUT2D eigenvalue weighted by Gasteiger charge is -2.35. The molecule has 0 radical (unpaired) electrons. The van der Waals surface area contributed by atoms with Gasteiger partial charge in [-0.3, -0.25) is 4.90 Å². The first-order chi connectivity index (χ1) is 10.1. The Morgan fingerprint density at radius 1 is 1.48 bits per heavy atom. The molecule has 0 aromatic carbocycles. The van der Waals surface area contributed by atoms with Gasteiger partial charge in [0.2, 0.25) is 5.95 Å². The first kappa shape index (κ1) is 14.9. The molecule has 2 aliphatic rings. The quantitative estimate of drug-likeness (QED) is 0.903. The van der Waals surface area contributed by atoms with E-state index in [-0.39, 0.29) is 6.10 Å². The van der Waals surface area contributed by atoms with Gasteiger partial charge in [0.05, 0.1) is 24.9 Å². The van der Waals surface area contributed by atoms with Crippen LogP contribution in [0.4, 0.5) is 5.95 Å². The highest BCUT2D eigenvalue weighted by atomic mass is 16.5. The maximum Gasteiger partial charge on any atom is 0.203 e. The zero-order valence-corrected chi connectivity index (χ0v) is 13.5. The van der Waals surface area contributed by atoms with Gasteiger partial charge in [-0.05, 0) is 32.2 Å². The minimum Gasteiger partial charge on any atom is -0.373 e. The van der Waals surface area contributed by atoms with Crippen LogP contribution in [-0.2, 0) is 11.3 Å². The molecule has 0 bridgehead atoms. The highest BCUT2D eigenvalue weighted by molar-refractivity contribution is 5.28. The largest absolute Gasteiger partial charge is 0.373 e. The molecule has 2 unspecified atom stereocenters. The average molecular weight is 292 g/mol. The second-order valence-electron chi connectivity index (χ2n) is 6.88. The number of ether oxygens (including phenoxy) is 1. The van der Waals surface area contributed by atoms with Gasteiger partial charge in [-0.25, -0.2) is 4.98 Å². The fourth-order valence-electron chi connectivity index (χ4n) is 3.34. The normalized spacial score (nSPS) is 26.3. The van der Waals surface area contributed by atoms with Crippen LogP contribution in [0.25, 0.3) is 0 Å². The highest BCUT2D eigenvalue weighted by Gasteiger charge is 2.32. The number of rotatable bonds is 5. The van der Waals surface area contributed by atoms with E-state index < -0.39 is 0 Å². The third-order valence-corrected chi connectivity index (χ3v) is 4.43. The van der Waals surface area contributed by atoms with Gasteiger partial charge in [0.25, 0.3) is 0 Å². The third kappa shape index (κ3) is 3.58. The van der Waals surface area contributed by atoms with Crippen LogP contribution >= 0.6 is 0 Å². The fourth-order valence-corrected chi connectivity index (χ4v) is 3.34. The summed E-state index contributed by atoms with van der Waals surface area (Å²) in [4.78, 5) is 7.19. The molecule has 0 spiro atoms. The summed E-state index contributed by atoms with van der Waals surface area (Å²) in [5.41, 5.74) is 1.07. The van der Waals surface area contributed by atoms with Crippen molar-refractivity contribution >= 4 is 5.95 Å². The Bertz CT molecular complexity index is 471. The molecule has 1 aromatic heterocycles. The van der Waals surface area contributed by atoms with Crippen LogP contribution < -0.4 is 5.32 Å². The molecule has 2 atom stereocenters. The lowest BCUT2D eigenvalue weighted by Crippen LogP contribution is -2.47. The molecular weight excluding hydrogens is 264 g/mol. The minimum atomic E-state index is 0.285. The zero-order chi connectivity index (χ0) is 14.8. The first-order valence-corrected chi connectivity index (χ1v) is 8.25. The van der Waals surface area contributed by atoms with Crippen molar-refractivity contribution < 1.29 is 4.74 Å². The van der Waals surface area contributed by atoms with E-state index in [1.54, 1.807) is 0 Å². The summed E-state index contributed by atoms with van der Waals surface area (Å²) in [5.74, 6) is 1.60. The van der Waals surface area contributed by atoms with E-state index in [2.05, 4.69) is 46.7 Å². The van der Waals surface area contributed by atoms with Gasteiger partial charge in [0.1, 0.15) is 0 Å². The monoisotopic (exact) mass is 292 g/mol. The Morgan fingerprint density at radius 2 is 2.33 bits per heavy atom. The number of nitrogens with zero attached hydrogens (tertiary/aromatic N) is 3. The lowest BCUT2D eigenvalue weighted by molar-refractivity contribution is -0.0549. The number of fused-ring (bicyclic) bond motifs is 1. The molecule has 2 aliphatic heterocycles. The Balaban J connectivity index is 1.61. The van der Waals surface area contributed by atoms with Gasteiger partial charge in [-0.1, -0.05) is 13.8 Å². The number of aryl methyl sites for hydroxylation is 1. The summed E-state index contributed by atoms with van der Waals surface area (Å²) < 4.78 is 8.29. The van der Waals surface area contributed by atoms with Crippen LogP contribution in [0.2, 0.25) is 0 Å². The van der Waals surface area contributed by atoms with Crippen LogP contribution in [0.3, 0.4) is 0 Å². The van der Waals surface area contributed by atoms with Crippen molar-refractivity contribution in [3.63, 3.8) is 0 Å². The van der Waals surface area contributed by atoms with Gasteiger partial charge >= 0.3 is 0 Å². The number of anilines is 1. The van der Waals surface area contributed by atoms with Gasteiger partial charge in [-0.15, -0.1) is 0 Å². The molecule has 0 saturated carbocycles. The van der Waals surface area contributed by atoms with Crippen LogP contribution in [0, 0.1) is 12.8 Å². The van der Waals surface area contributed by atoms with Crippen molar-refractivity contribution in [1.82, 2.24) is 14.5 Å². The maximum absolute atomic E-state index is 6.07. The van der Waals surface area contributed by atoms with Crippen molar-refractivity contribution in [2.75, 3.05) is 31.6 Å². The number of nitrogens with one attached hydrogen (secondary N) is 1. The second-order valence-corrected chi connectivity index (χ2v) is 6.88. The SMILES string of the molecule is Cc1cn(CC2CN3CCCC3CO2)c(NCC(C)C)n1. The van der Waals surface area contributed by atoms with Crippen LogP contribution in [0.15, 0.2) is 6.20 Å². The zero-order valence-electron chi connectivity index (χ0n) is 13.5. The first-order valence-electron chi connectivity index (χ1n) is 8.25. The molecule has 21 heavy (non-hydrogen) atoms. The fraction of sp³-hybridized carbons (Fsp3) is 0.812. The molecule has 0 aliphatic carbocycles. The summed E-state index contributed by atoms with van der Waals surface area (Å²) in [6, 6.07) is 0.671. The summed E-state index contributed by atoms with van der Waals surface area (Å²) in [7, 11) is 0. The number of hydrogen-bond acceptors (Lipinski definition) is 4. The molecular formula is C16H28N4O. The summed E-state index contributed by atoms with van der Waals surface area (Å²) >= 11 is 0. The van der Waals surface area contributed by atoms with Crippen LogP contribution in [-0.4, -0.2) is 52.8 Å². The summed E-state index contributed by atoms with van der Waals surface area (Å²) in [6.45, 7) is 11.5. The Morgan fingerprint density at radius 3 is 3.14 bits per heavy atom. The van der Waals surface area contributed by atoms with Crippen molar-refractivity contribution in [1.29, 1.82) is 0 Å². The molecule has 5 heteroatoms. The molecule has 2 fully saturated rings. The Kier molecular flexibility index (Phi) is 4.50. The number of imidazole rings is 1. The average Bonchev–Trinajstić information content (AvgIpc) is 3.02. The van der Waals surface area contributed by atoms with Crippen LogP contribution in [0.5, 0.6) is 0 Å². The van der Waals surface area contributed by atoms with Crippen molar-refractivity contribution in [2.45, 2.75) is 52.3 Å². The minimum absolute atomic E-state index is 0.285. The second kappa shape index (κ2) is 6.36. The predicted molar refractivity (Wildman–Crippen MR) is 84.6 cm³/mol.